The fraction of sp³-hybridized carbons (Fsp3) is 0.286. The topological polar surface area (TPSA) is 79.9 Å². The molecule has 184 valence electrons. The molecule has 0 saturated carbocycles. The summed E-state index contributed by atoms with van der Waals surface area (Å²) in [5.74, 6) is 0.713. The van der Waals surface area contributed by atoms with Gasteiger partial charge in [0.1, 0.15) is 11.5 Å². The molecule has 7 heteroatoms. The molecule has 0 bridgehead atoms. The number of rotatable bonds is 12. The molecule has 0 heterocycles. The van der Waals surface area contributed by atoms with E-state index in [1.165, 1.54) is 5.56 Å². The van der Waals surface area contributed by atoms with Crippen molar-refractivity contribution in [1.82, 2.24) is 10.2 Å². The highest BCUT2D eigenvalue weighted by Gasteiger charge is 2.10. The summed E-state index contributed by atoms with van der Waals surface area (Å²) >= 11 is 0. The van der Waals surface area contributed by atoms with E-state index in [0.29, 0.717) is 29.3 Å². The molecule has 3 rings (SSSR count). The molecule has 3 aromatic rings. The van der Waals surface area contributed by atoms with Crippen molar-refractivity contribution in [1.29, 1.82) is 0 Å². The summed E-state index contributed by atoms with van der Waals surface area (Å²) in [6, 6.07) is 22.0. The van der Waals surface area contributed by atoms with Gasteiger partial charge in [-0.15, -0.1) is 0 Å². The van der Waals surface area contributed by atoms with Gasteiger partial charge in [0.2, 0.25) is 0 Å². The Morgan fingerprint density at radius 1 is 0.857 bits per heavy atom. The Kier molecular flexibility index (Phi) is 9.69. The average molecular weight is 476 g/mol. The molecular weight excluding hydrogens is 442 g/mol. The van der Waals surface area contributed by atoms with E-state index < -0.39 is 0 Å². The summed E-state index contributed by atoms with van der Waals surface area (Å²) in [5.41, 5.74) is 3.48. The first-order valence-electron chi connectivity index (χ1n) is 11.8. The highest BCUT2D eigenvalue weighted by molar-refractivity contribution is 5.94. The molecule has 3 aromatic carbocycles. The minimum absolute atomic E-state index is 0.147. The fourth-order valence-electron chi connectivity index (χ4n) is 3.60. The normalized spacial score (nSPS) is 10.6. The maximum atomic E-state index is 12.7. The van der Waals surface area contributed by atoms with Crippen molar-refractivity contribution in [3.63, 3.8) is 0 Å². The van der Waals surface area contributed by atoms with Gasteiger partial charge in [0.05, 0.1) is 7.11 Å². The van der Waals surface area contributed by atoms with Crippen molar-refractivity contribution in [2.24, 2.45) is 0 Å². The van der Waals surface area contributed by atoms with Crippen LogP contribution in [0, 0.1) is 0 Å². The number of carbonyl (C=O) groups excluding carboxylic acids is 2. The van der Waals surface area contributed by atoms with Gasteiger partial charge in [-0.3, -0.25) is 14.5 Å². The lowest BCUT2D eigenvalue weighted by Gasteiger charge is -2.20. The van der Waals surface area contributed by atoms with E-state index in [4.69, 9.17) is 9.47 Å². The van der Waals surface area contributed by atoms with Crippen LogP contribution < -0.4 is 20.1 Å². The Labute approximate surface area is 207 Å². The zero-order valence-electron chi connectivity index (χ0n) is 20.5. The van der Waals surface area contributed by atoms with E-state index >= 15 is 0 Å². The van der Waals surface area contributed by atoms with Crippen LogP contribution in [-0.4, -0.2) is 43.5 Å². The van der Waals surface area contributed by atoms with Crippen LogP contribution in [0.2, 0.25) is 0 Å². The zero-order valence-corrected chi connectivity index (χ0v) is 20.5. The first-order valence-corrected chi connectivity index (χ1v) is 11.8. The summed E-state index contributed by atoms with van der Waals surface area (Å²) in [7, 11) is 1.57. The van der Waals surface area contributed by atoms with Gasteiger partial charge in [-0.1, -0.05) is 44.2 Å². The predicted octanol–water partition coefficient (Wildman–Crippen LogP) is 4.48. The second-order valence-corrected chi connectivity index (χ2v) is 8.01. The molecule has 0 radical (unpaired) electrons. The lowest BCUT2D eigenvalue weighted by Crippen LogP contribution is -2.26. The van der Waals surface area contributed by atoms with Gasteiger partial charge >= 0.3 is 0 Å². The van der Waals surface area contributed by atoms with E-state index in [9.17, 15) is 9.59 Å². The van der Waals surface area contributed by atoms with Gasteiger partial charge in [-0.2, -0.15) is 0 Å². The smallest absolute Gasteiger partial charge is 0.262 e. The molecule has 0 fully saturated rings. The molecule has 0 spiro atoms. The third kappa shape index (κ3) is 7.86. The Bertz CT molecular complexity index is 1110. The second kappa shape index (κ2) is 13.2. The molecule has 0 aliphatic rings. The van der Waals surface area contributed by atoms with Gasteiger partial charge in [0, 0.05) is 30.4 Å². The van der Waals surface area contributed by atoms with E-state index in [1.54, 1.807) is 55.6 Å². The van der Waals surface area contributed by atoms with Crippen LogP contribution in [0.1, 0.15) is 35.3 Å². The predicted molar refractivity (Wildman–Crippen MR) is 138 cm³/mol. The monoisotopic (exact) mass is 475 g/mol. The number of ether oxygens (including phenoxy) is 2. The van der Waals surface area contributed by atoms with Crippen LogP contribution in [0.3, 0.4) is 0 Å². The Morgan fingerprint density at radius 3 is 2.26 bits per heavy atom. The average Bonchev–Trinajstić information content (AvgIpc) is 2.90. The lowest BCUT2D eigenvalue weighted by molar-refractivity contribution is -0.118. The molecule has 0 atom stereocenters. The minimum atomic E-state index is -0.288. The first-order chi connectivity index (χ1) is 17.0. The van der Waals surface area contributed by atoms with Gasteiger partial charge in [-0.25, -0.2) is 0 Å². The van der Waals surface area contributed by atoms with Crippen molar-refractivity contribution >= 4 is 17.5 Å². The number of methoxy groups -OCH3 is 1. The van der Waals surface area contributed by atoms with Gasteiger partial charge in [-0.05, 0) is 60.6 Å². The maximum absolute atomic E-state index is 12.7. The Hall–Kier alpha value is -3.84. The van der Waals surface area contributed by atoms with Crippen molar-refractivity contribution in [2.45, 2.75) is 26.9 Å². The van der Waals surface area contributed by atoms with Crippen LogP contribution in [0.25, 0.3) is 0 Å². The zero-order chi connectivity index (χ0) is 25.0. The molecule has 7 nitrogen and oxygen atoms in total. The van der Waals surface area contributed by atoms with Crippen LogP contribution in [0.5, 0.6) is 11.5 Å². The Morgan fingerprint density at radius 2 is 1.57 bits per heavy atom. The van der Waals surface area contributed by atoms with Crippen molar-refractivity contribution in [3.8, 4) is 11.5 Å². The molecular formula is C28H33N3O4. The third-order valence-corrected chi connectivity index (χ3v) is 5.69. The molecule has 0 unspecified atom stereocenters. The summed E-state index contributed by atoms with van der Waals surface area (Å²) in [5, 5.41) is 5.76. The van der Waals surface area contributed by atoms with Crippen molar-refractivity contribution in [3.05, 3.63) is 89.5 Å². The maximum Gasteiger partial charge on any atom is 0.262 e. The summed E-state index contributed by atoms with van der Waals surface area (Å²) < 4.78 is 10.7. The van der Waals surface area contributed by atoms with E-state index in [2.05, 4.69) is 35.4 Å². The van der Waals surface area contributed by atoms with Crippen molar-refractivity contribution in [2.75, 3.05) is 32.1 Å². The standard InChI is InChI=1S/C28H33N3O4/c1-4-31(5-2)19-23-10-7-6-9-22(23)18-29-28(33)21-13-15-25(16-14-21)35-20-27(32)30-24-11-8-12-26(17-24)34-3/h6-17H,4-5,18-20H2,1-3H3,(H,29,33)(H,30,32). The fourth-order valence-corrected chi connectivity index (χ4v) is 3.60. The van der Waals surface area contributed by atoms with Gasteiger partial charge < -0.3 is 20.1 Å². The van der Waals surface area contributed by atoms with Crippen LogP contribution >= 0.6 is 0 Å². The summed E-state index contributed by atoms with van der Waals surface area (Å²) in [4.78, 5) is 27.2. The van der Waals surface area contributed by atoms with E-state index in [0.717, 1.165) is 25.2 Å². The highest BCUT2D eigenvalue weighted by atomic mass is 16.5. The molecule has 2 N–H and O–H groups in total. The SMILES string of the molecule is CCN(CC)Cc1ccccc1CNC(=O)c1ccc(OCC(=O)Nc2cccc(OC)c2)cc1. The molecule has 0 aromatic heterocycles. The summed E-state index contributed by atoms with van der Waals surface area (Å²) in [6.07, 6.45) is 0. The largest absolute Gasteiger partial charge is 0.497 e. The second-order valence-electron chi connectivity index (χ2n) is 8.01. The van der Waals surface area contributed by atoms with Crippen LogP contribution in [0.15, 0.2) is 72.8 Å². The molecule has 2 amide bonds. The molecule has 0 aliphatic carbocycles. The minimum Gasteiger partial charge on any atom is -0.497 e. The highest BCUT2D eigenvalue weighted by Crippen LogP contribution is 2.17. The van der Waals surface area contributed by atoms with E-state index in [-0.39, 0.29) is 18.4 Å². The third-order valence-electron chi connectivity index (χ3n) is 5.69. The summed E-state index contributed by atoms with van der Waals surface area (Å²) in [6.45, 7) is 7.42. The number of hydrogen-bond acceptors (Lipinski definition) is 5. The number of anilines is 1. The van der Waals surface area contributed by atoms with Gasteiger partial charge in [0.15, 0.2) is 6.61 Å². The molecule has 35 heavy (non-hydrogen) atoms. The number of hydrogen-bond donors (Lipinski definition) is 2. The number of carbonyl (C=O) groups is 2. The first kappa shape index (κ1) is 25.8. The molecule has 0 saturated heterocycles. The molecule has 0 aliphatic heterocycles. The van der Waals surface area contributed by atoms with Crippen LogP contribution in [0.4, 0.5) is 5.69 Å². The quantitative estimate of drug-likeness (QED) is 0.404. The van der Waals surface area contributed by atoms with Crippen LogP contribution in [-0.2, 0) is 17.9 Å². The lowest BCUT2D eigenvalue weighted by atomic mass is 10.1. The number of nitrogens with zero attached hydrogens (tertiary/aromatic N) is 1. The van der Waals surface area contributed by atoms with Crippen molar-refractivity contribution < 1.29 is 19.1 Å². The Balaban J connectivity index is 1.50. The van der Waals surface area contributed by atoms with Gasteiger partial charge in [0.25, 0.3) is 11.8 Å². The number of amides is 2. The number of nitrogens with one attached hydrogen (secondary N) is 2. The number of benzene rings is 3. The van der Waals surface area contributed by atoms with E-state index in [1.807, 2.05) is 18.2 Å².